The minimum Gasteiger partial charge on any atom is -0.225 e. The average molecular weight is 227 g/mol. The molecule has 0 saturated heterocycles. The van der Waals surface area contributed by atoms with Crippen LogP contribution < -0.4 is 0 Å². The molecule has 0 N–H and O–H groups in total. The molecule has 2 aromatic rings. The number of fused-ring (bicyclic) bond motifs is 1. The molecular formula is C10H11ClN2S. The second-order valence-corrected chi connectivity index (χ2v) is 5.46. The molecule has 2 rings (SSSR count). The van der Waals surface area contributed by atoms with Gasteiger partial charge in [-0.3, -0.25) is 0 Å². The third-order valence-corrected chi connectivity index (χ3v) is 3.30. The van der Waals surface area contributed by atoms with Gasteiger partial charge in [-0.15, -0.1) is 11.3 Å². The average Bonchev–Trinajstić information content (AvgIpc) is 2.47. The third-order valence-electron chi connectivity index (χ3n) is 2.13. The van der Waals surface area contributed by atoms with Crippen LogP contribution >= 0.6 is 22.9 Å². The summed E-state index contributed by atoms with van der Waals surface area (Å²) in [5.74, 6) is 0. The first-order valence-corrected chi connectivity index (χ1v) is 5.64. The summed E-state index contributed by atoms with van der Waals surface area (Å²) in [5.41, 5.74) is 1.31. The van der Waals surface area contributed by atoms with Gasteiger partial charge < -0.3 is 0 Å². The van der Waals surface area contributed by atoms with Crippen molar-refractivity contribution in [3.05, 3.63) is 22.4 Å². The van der Waals surface area contributed by atoms with Crippen molar-refractivity contribution in [3.63, 3.8) is 0 Å². The molecule has 0 radical (unpaired) electrons. The zero-order chi connectivity index (χ0) is 10.3. The zero-order valence-corrected chi connectivity index (χ0v) is 9.91. The molecule has 0 aliphatic carbocycles. The van der Waals surface area contributed by atoms with E-state index >= 15 is 0 Å². The maximum atomic E-state index is 6.07. The van der Waals surface area contributed by atoms with Crippen LogP contribution in [0.25, 0.3) is 10.2 Å². The van der Waals surface area contributed by atoms with Gasteiger partial charge in [0.1, 0.15) is 16.3 Å². The smallest absolute Gasteiger partial charge is 0.141 e. The number of thiophene rings is 1. The SMILES string of the molecule is CC(C)(C)c1csc2ncnc(Cl)c12. The first-order chi connectivity index (χ1) is 6.50. The lowest BCUT2D eigenvalue weighted by atomic mass is 9.88. The van der Waals surface area contributed by atoms with Crippen molar-refractivity contribution in [2.75, 3.05) is 0 Å². The van der Waals surface area contributed by atoms with Crippen molar-refractivity contribution in [1.82, 2.24) is 9.97 Å². The minimum absolute atomic E-state index is 0.0899. The van der Waals surface area contributed by atoms with Crippen LogP contribution in [0.3, 0.4) is 0 Å². The number of aromatic nitrogens is 2. The standard InChI is InChI=1S/C10H11ClN2S/c1-10(2,3)6-4-14-9-7(6)8(11)12-5-13-9/h4-5H,1-3H3. The van der Waals surface area contributed by atoms with E-state index in [0.29, 0.717) is 5.15 Å². The van der Waals surface area contributed by atoms with Gasteiger partial charge in [-0.1, -0.05) is 32.4 Å². The van der Waals surface area contributed by atoms with Crippen LogP contribution in [-0.4, -0.2) is 9.97 Å². The Kier molecular flexibility index (Phi) is 2.24. The van der Waals surface area contributed by atoms with E-state index in [-0.39, 0.29) is 5.41 Å². The number of nitrogens with zero attached hydrogens (tertiary/aromatic N) is 2. The molecule has 0 unspecified atom stereocenters. The number of hydrogen-bond acceptors (Lipinski definition) is 3. The van der Waals surface area contributed by atoms with Crippen molar-refractivity contribution >= 4 is 33.2 Å². The van der Waals surface area contributed by atoms with Crippen molar-refractivity contribution in [1.29, 1.82) is 0 Å². The molecule has 0 aliphatic heterocycles. The molecule has 2 heterocycles. The van der Waals surface area contributed by atoms with Gasteiger partial charge in [-0.25, -0.2) is 9.97 Å². The Hall–Kier alpha value is -0.670. The lowest BCUT2D eigenvalue weighted by molar-refractivity contribution is 0.597. The molecule has 0 amide bonds. The van der Waals surface area contributed by atoms with Gasteiger partial charge in [0.05, 0.1) is 5.39 Å². The van der Waals surface area contributed by atoms with Crippen LogP contribution in [0.5, 0.6) is 0 Å². The summed E-state index contributed by atoms with van der Waals surface area (Å²) in [6.07, 6.45) is 1.51. The molecule has 0 bridgehead atoms. The molecule has 74 valence electrons. The first-order valence-electron chi connectivity index (χ1n) is 4.38. The van der Waals surface area contributed by atoms with E-state index in [0.717, 1.165) is 10.2 Å². The quantitative estimate of drug-likeness (QED) is 0.641. The molecule has 0 aliphatic rings. The molecule has 0 fully saturated rings. The maximum absolute atomic E-state index is 6.07. The van der Waals surface area contributed by atoms with Crippen molar-refractivity contribution in [2.24, 2.45) is 0 Å². The summed E-state index contributed by atoms with van der Waals surface area (Å²) in [4.78, 5) is 9.18. The van der Waals surface area contributed by atoms with Gasteiger partial charge in [0, 0.05) is 0 Å². The van der Waals surface area contributed by atoms with Crippen molar-refractivity contribution in [3.8, 4) is 0 Å². The van der Waals surface area contributed by atoms with E-state index in [2.05, 4.69) is 36.1 Å². The fourth-order valence-electron chi connectivity index (χ4n) is 1.39. The van der Waals surface area contributed by atoms with Gasteiger partial charge in [0.25, 0.3) is 0 Å². The summed E-state index contributed by atoms with van der Waals surface area (Å²) in [5, 5.41) is 3.68. The fourth-order valence-corrected chi connectivity index (χ4v) is 2.81. The van der Waals surface area contributed by atoms with Crippen molar-refractivity contribution < 1.29 is 0 Å². The summed E-state index contributed by atoms with van der Waals surface area (Å²) in [6, 6.07) is 0. The minimum atomic E-state index is 0.0899. The molecule has 0 spiro atoms. The second kappa shape index (κ2) is 3.17. The lowest BCUT2D eigenvalue weighted by Gasteiger charge is -2.17. The fraction of sp³-hybridized carbons (Fsp3) is 0.400. The van der Waals surface area contributed by atoms with E-state index in [1.165, 1.54) is 11.9 Å². The Morgan fingerprint density at radius 1 is 1.29 bits per heavy atom. The van der Waals surface area contributed by atoms with Crippen LogP contribution in [0.15, 0.2) is 11.7 Å². The predicted molar refractivity (Wildman–Crippen MR) is 61.1 cm³/mol. The normalized spacial score (nSPS) is 12.3. The number of halogens is 1. The van der Waals surface area contributed by atoms with E-state index in [1.54, 1.807) is 11.3 Å². The lowest BCUT2D eigenvalue weighted by Crippen LogP contribution is -2.10. The highest BCUT2D eigenvalue weighted by Crippen LogP contribution is 2.36. The highest BCUT2D eigenvalue weighted by molar-refractivity contribution is 7.17. The molecule has 0 atom stereocenters. The van der Waals surface area contributed by atoms with E-state index in [1.807, 2.05) is 0 Å². The Bertz CT molecular complexity index is 470. The van der Waals surface area contributed by atoms with Crippen LogP contribution in [0.4, 0.5) is 0 Å². The maximum Gasteiger partial charge on any atom is 0.141 e. The molecule has 4 heteroatoms. The zero-order valence-electron chi connectivity index (χ0n) is 8.34. The van der Waals surface area contributed by atoms with Crippen molar-refractivity contribution in [2.45, 2.75) is 26.2 Å². The molecule has 0 saturated carbocycles. The van der Waals surface area contributed by atoms with Crippen LogP contribution in [0.1, 0.15) is 26.3 Å². The molecular weight excluding hydrogens is 216 g/mol. The topological polar surface area (TPSA) is 25.8 Å². The van der Waals surface area contributed by atoms with Crippen LogP contribution in [0.2, 0.25) is 5.15 Å². The predicted octanol–water partition coefficient (Wildman–Crippen LogP) is 3.64. The van der Waals surface area contributed by atoms with Gasteiger partial charge in [-0.05, 0) is 16.4 Å². The van der Waals surface area contributed by atoms with Gasteiger partial charge in [-0.2, -0.15) is 0 Å². The van der Waals surface area contributed by atoms with Gasteiger partial charge >= 0.3 is 0 Å². The summed E-state index contributed by atoms with van der Waals surface area (Å²) >= 11 is 7.68. The summed E-state index contributed by atoms with van der Waals surface area (Å²) in [7, 11) is 0. The van der Waals surface area contributed by atoms with E-state index in [4.69, 9.17) is 11.6 Å². The number of rotatable bonds is 0. The highest BCUT2D eigenvalue weighted by Gasteiger charge is 2.20. The highest BCUT2D eigenvalue weighted by atomic mass is 35.5. The largest absolute Gasteiger partial charge is 0.225 e. The third kappa shape index (κ3) is 1.51. The molecule has 0 aromatic carbocycles. The summed E-state index contributed by atoms with van der Waals surface area (Å²) in [6.45, 7) is 6.49. The Balaban J connectivity index is 2.80. The molecule has 14 heavy (non-hydrogen) atoms. The number of hydrogen-bond donors (Lipinski definition) is 0. The Morgan fingerprint density at radius 3 is 2.64 bits per heavy atom. The monoisotopic (exact) mass is 226 g/mol. The summed E-state index contributed by atoms with van der Waals surface area (Å²) < 4.78 is 0. The van der Waals surface area contributed by atoms with Crippen LogP contribution in [-0.2, 0) is 5.41 Å². The Labute approximate surface area is 92.0 Å². The van der Waals surface area contributed by atoms with E-state index in [9.17, 15) is 0 Å². The molecule has 2 aromatic heterocycles. The van der Waals surface area contributed by atoms with E-state index < -0.39 is 0 Å². The van der Waals surface area contributed by atoms with Gasteiger partial charge in [0.2, 0.25) is 0 Å². The first kappa shape index (κ1) is 9.87. The van der Waals surface area contributed by atoms with Crippen LogP contribution in [0, 0.1) is 0 Å². The Morgan fingerprint density at radius 2 is 2.00 bits per heavy atom. The second-order valence-electron chi connectivity index (χ2n) is 4.24. The van der Waals surface area contributed by atoms with Gasteiger partial charge in [0.15, 0.2) is 0 Å². The molecule has 2 nitrogen and oxygen atoms in total.